The Morgan fingerprint density at radius 3 is 2.15 bits per heavy atom. The molecule has 0 heteroatoms. The van der Waals surface area contributed by atoms with E-state index < -0.39 is 0 Å². The Hall–Kier alpha value is 0. The molecule has 1 aliphatic rings. The molecule has 0 aliphatic heterocycles. The Bertz CT molecular complexity index is 131. The summed E-state index contributed by atoms with van der Waals surface area (Å²) >= 11 is 0. The zero-order valence-corrected chi connectivity index (χ0v) is 9.55. The fraction of sp³-hybridized carbons (Fsp3) is 0.923. The predicted molar refractivity (Wildman–Crippen MR) is 59.4 cm³/mol. The van der Waals surface area contributed by atoms with Crippen molar-refractivity contribution in [2.75, 3.05) is 0 Å². The fourth-order valence-corrected chi connectivity index (χ4v) is 2.37. The van der Waals surface area contributed by atoms with Gasteiger partial charge in [0.25, 0.3) is 0 Å². The highest BCUT2D eigenvalue weighted by molar-refractivity contribution is 4.78. The van der Waals surface area contributed by atoms with Crippen molar-refractivity contribution in [1.82, 2.24) is 0 Å². The van der Waals surface area contributed by atoms with Gasteiger partial charge >= 0.3 is 0 Å². The summed E-state index contributed by atoms with van der Waals surface area (Å²) in [6.07, 6.45) is 7.12. The van der Waals surface area contributed by atoms with Crippen molar-refractivity contribution in [3.8, 4) is 0 Å². The first-order valence-corrected chi connectivity index (χ1v) is 5.94. The molecule has 0 N–H and O–H groups in total. The van der Waals surface area contributed by atoms with Crippen molar-refractivity contribution < 1.29 is 0 Å². The largest absolute Gasteiger partial charge is 0.340 e. The van der Waals surface area contributed by atoms with Gasteiger partial charge in [-0.1, -0.05) is 58.8 Å². The van der Waals surface area contributed by atoms with Crippen LogP contribution in [0, 0.1) is 30.6 Å². The van der Waals surface area contributed by atoms with Gasteiger partial charge in [-0.3, -0.25) is 0 Å². The second-order valence-electron chi connectivity index (χ2n) is 5.26. The van der Waals surface area contributed by atoms with E-state index >= 15 is 0 Å². The first kappa shape index (κ1) is 11.1. The fourth-order valence-electron chi connectivity index (χ4n) is 2.37. The zero-order chi connectivity index (χ0) is 9.84. The van der Waals surface area contributed by atoms with Crippen LogP contribution in [0.25, 0.3) is 0 Å². The lowest BCUT2D eigenvalue weighted by molar-refractivity contribution is 0.285. The van der Waals surface area contributed by atoms with Gasteiger partial charge < -0.3 is 6.92 Å². The standard InChI is InChI=1S/C13H25/c1-10(2)11(3)9-12(4)13-7-5-6-8-13/h10-13H,4-9H2,1-3H3/q-1. The molecule has 0 radical (unpaired) electrons. The number of hydrogen-bond donors (Lipinski definition) is 0. The average molecular weight is 181 g/mol. The van der Waals surface area contributed by atoms with Crippen LogP contribution in [0.4, 0.5) is 0 Å². The van der Waals surface area contributed by atoms with Gasteiger partial charge in [-0.05, 0) is 11.8 Å². The Labute approximate surface area is 84.1 Å². The highest BCUT2D eigenvalue weighted by Crippen LogP contribution is 2.35. The average Bonchev–Trinajstić information content (AvgIpc) is 2.55. The van der Waals surface area contributed by atoms with E-state index in [-0.39, 0.29) is 0 Å². The molecular formula is C13H25-. The molecular weight excluding hydrogens is 156 g/mol. The van der Waals surface area contributed by atoms with Gasteiger partial charge in [-0.25, -0.2) is 0 Å². The lowest BCUT2D eigenvalue weighted by atomic mass is 9.82. The minimum absolute atomic E-state index is 0.722. The van der Waals surface area contributed by atoms with Crippen LogP contribution in [0.5, 0.6) is 0 Å². The van der Waals surface area contributed by atoms with E-state index in [9.17, 15) is 0 Å². The molecule has 0 aromatic rings. The third-order valence-corrected chi connectivity index (χ3v) is 3.88. The third kappa shape index (κ3) is 3.32. The summed E-state index contributed by atoms with van der Waals surface area (Å²) in [5.41, 5.74) is 0. The maximum atomic E-state index is 4.34. The summed E-state index contributed by atoms with van der Waals surface area (Å²) in [6.45, 7) is 11.4. The molecule has 0 nitrogen and oxygen atoms in total. The van der Waals surface area contributed by atoms with Crippen molar-refractivity contribution in [1.29, 1.82) is 0 Å². The van der Waals surface area contributed by atoms with E-state index in [1.54, 1.807) is 0 Å². The van der Waals surface area contributed by atoms with Gasteiger partial charge in [-0.15, -0.1) is 0 Å². The van der Waals surface area contributed by atoms with Crippen molar-refractivity contribution >= 4 is 0 Å². The van der Waals surface area contributed by atoms with Crippen LogP contribution >= 0.6 is 0 Å². The second kappa shape index (κ2) is 5.02. The molecule has 0 heterocycles. The van der Waals surface area contributed by atoms with E-state index in [0.717, 1.165) is 23.7 Å². The monoisotopic (exact) mass is 181 g/mol. The molecule has 2 atom stereocenters. The van der Waals surface area contributed by atoms with Crippen molar-refractivity contribution in [3.05, 3.63) is 6.92 Å². The van der Waals surface area contributed by atoms with Crippen LogP contribution < -0.4 is 0 Å². The van der Waals surface area contributed by atoms with Gasteiger partial charge in [-0.2, -0.15) is 5.92 Å². The van der Waals surface area contributed by atoms with Crippen LogP contribution in [0.3, 0.4) is 0 Å². The molecule has 0 bridgehead atoms. The van der Waals surface area contributed by atoms with Gasteiger partial charge in [0.2, 0.25) is 0 Å². The Morgan fingerprint density at radius 2 is 1.69 bits per heavy atom. The number of hydrogen-bond acceptors (Lipinski definition) is 0. The topological polar surface area (TPSA) is 0 Å². The molecule has 1 saturated carbocycles. The molecule has 0 amide bonds. The minimum atomic E-state index is 0.722. The lowest BCUT2D eigenvalue weighted by Gasteiger charge is -2.29. The molecule has 1 fully saturated rings. The van der Waals surface area contributed by atoms with Crippen molar-refractivity contribution in [2.24, 2.45) is 23.7 Å². The molecule has 0 saturated heterocycles. The number of rotatable bonds is 4. The van der Waals surface area contributed by atoms with Crippen LogP contribution in [-0.4, -0.2) is 0 Å². The SMILES string of the molecule is [CH2-]C(CC(C)C(C)C)C1CCCC1. The minimum Gasteiger partial charge on any atom is -0.340 e. The summed E-state index contributed by atoms with van der Waals surface area (Å²) in [5.74, 6) is 3.34. The first-order chi connectivity index (χ1) is 6.11. The Morgan fingerprint density at radius 1 is 1.15 bits per heavy atom. The second-order valence-corrected chi connectivity index (χ2v) is 5.26. The maximum Gasteiger partial charge on any atom is -0.0441 e. The predicted octanol–water partition coefficient (Wildman–Crippen LogP) is 4.31. The molecule has 0 spiro atoms. The molecule has 78 valence electrons. The molecule has 1 rings (SSSR count). The highest BCUT2D eigenvalue weighted by atomic mass is 14.3. The summed E-state index contributed by atoms with van der Waals surface area (Å²) < 4.78 is 0. The Kier molecular flexibility index (Phi) is 4.28. The van der Waals surface area contributed by atoms with E-state index in [1.807, 2.05) is 0 Å². The normalized spacial score (nSPS) is 23.8. The van der Waals surface area contributed by atoms with Crippen molar-refractivity contribution in [2.45, 2.75) is 52.9 Å². The van der Waals surface area contributed by atoms with E-state index in [1.165, 1.54) is 32.1 Å². The van der Waals surface area contributed by atoms with E-state index in [4.69, 9.17) is 0 Å². The molecule has 0 aromatic heterocycles. The van der Waals surface area contributed by atoms with Gasteiger partial charge in [0, 0.05) is 0 Å². The quantitative estimate of drug-likeness (QED) is 0.567. The maximum absolute atomic E-state index is 4.34. The Balaban J connectivity index is 2.26. The van der Waals surface area contributed by atoms with Crippen LogP contribution in [-0.2, 0) is 0 Å². The first-order valence-electron chi connectivity index (χ1n) is 5.94. The van der Waals surface area contributed by atoms with E-state index in [0.29, 0.717) is 0 Å². The van der Waals surface area contributed by atoms with Crippen LogP contribution in [0.15, 0.2) is 0 Å². The highest BCUT2D eigenvalue weighted by Gasteiger charge is 2.19. The van der Waals surface area contributed by atoms with Crippen LogP contribution in [0.2, 0.25) is 0 Å². The molecule has 2 unspecified atom stereocenters. The summed E-state index contributed by atoms with van der Waals surface area (Å²) in [5, 5.41) is 0. The van der Waals surface area contributed by atoms with E-state index in [2.05, 4.69) is 27.7 Å². The van der Waals surface area contributed by atoms with Gasteiger partial charge in [0.1, 0.15) is 0 Å². The van der Waals surface area contributed by atoms with Gasteiger partial charge in [0.15, 0.2) is 0 Å². The lowest BCUT2D eigenvalue weighted by Crippen LogP contribution is -2.15. The summed E-state index contributed by atoms with van der Waals surface area (Å²) in [6, 6.07) is 0. The zero-order valence-electron chi connectivity index (χ0n) is 9.55. The third-order valence-electron chi connectivity index (χ3n) is 3.88. The van der Waals surface area contributed by atoms with Gasteiger partial charge in [0.05, 0.1) is 0 Å². The molecule has 0 aromatic carbocycles. The van der Waals surface area contributed by atoms with Crippen molar-refractivity contribution in [3.63, 3.8) is 0 Å². The van der Waals surface area contributed by atoms with Crippen LogP contribution in [0.1, 0.15) is 52.9 Å². The molecule has 1 aliphatic carbocycles. The summed E-state index contributed by atoms with van der Waals surface area (Å²) in [7, 11) is 0. The molecule has 13 heavy (non-hydrogen) atoms. The summed E-state index contributed by atoms with van der Waals surface area (Å²) in [4.78, 5) is 0. The smallest absolute Gasteiger partial charge is 0.0441 e.